The van der Waals surface area contributed by atoms with Gasteiger partial charge in [0, 0.05) is 11.9 Å². The molecule has 0 aliphatic heterocycles. The highest BCUT2D eigenvalue weighted by Gasteiger charge is 2.25. The number of aromatic nitrogens is 3. The van der Waals surface area contributed by atoms with E-state index < -0.39 is 23.6 Å². The standard InChI is InChI=1S/C15H14F2N4O2/c16-13(17)11-5-6-18-12(20-11)7-19-14(22)9-3-4-10(8-1-2-8)21-15(9)23/h3-6,8,13H,1-2,7H2,(H,19,22)(H,21,23). The molecule has 1 aliphatic carbocycles. The van der Waals surface area contributed by atoms with Crippen molar-refractivity contribution in [3.63, 3.8) is 0 Å². The molecule has 0 bridgehead atoms. The summed E-state index contributed by atoms with van der Waals surface area (Å²) >= 11 is 0. The molecular weight excluding hydrogens is 306 g/mol. The molecule has 2 aromatic rings. The first-order valence-corrected chi connectivity index (χ1v) is 7.16. The van der Waals surface area contributed by atoms with Crippen molar-refractivity contribution in [1.82, 2.24) is 20.3 Å². The Kier molecular flexibility index (Phi) is 4.14. The zero-order valence-corrected chi connectivity index (χ0v) is 12.1. The van der Waals surface area contributed by atoms with Crippen molar-refractivity contribution in [2.24, 2.45) is 0 Å². The molecule has 1 saturated carbocycles. The van der Waals surface area contributed by atoms with Gasteiger partial charge in [0.25, 0.3) is 17.9 Å². The molecule has 120 valence electrons. The molecule has 0 unspecified atom stereocenters. The highest BCUT2D eigenvalue weighted by Crippen LogP contribution is 2.38. The normalized spacial score (nSPS) is 14.0. The Bertz CT molecular complexity index is 787. The highest BCUT2D eigenvalue weighted by atomic mass is 19.3. The number of alkyl halides is 2. The minimum atomic E-state index is -2.70. The Morgan fingerprint density at radius 1 is 1.35 bits per heavy atom. The van der Waals surface area contributed by atoms with Crippen LogP contribution in [0.2, 0.25) is 0 Å². The van der Waals surface area contributed by atoms with Gasteiger partial charge in [0.15, 0.2) is 0 Å². The molecule has 1 amide bonds. The summed E-state index contributed by atoms with van der Waals surface area (Å²) in [6, 6.07) is 4.30. The maximum Gasteiger partial charge on any atom is 0.280 e. The molecule has 1 fully saturated rings. The molecule has 23 heavy (non-hydrogen) atoms. The van der Waals surface area contributed by atoms with Gasteiger partial charge in [-0.2, -0.15) is 0 Å². The number of nitrogens with one attached hydrogen (secondary N) is 2. The number of amides is 1. The third-order valence-corrected chi connectivity index (χ3v) is 3.55. The van der Waals surface area contributed by atoms with E-state index in [1.165, 1.54) is 12.3 Å². The topological polar surface area (TPSA) is 87.7 Å². The Morgan fingerprint density at radius 2 is 2.13 bits per heavy atom. The van der Waals surface area contributed by atoms with Crippen molar-refractivity contribution < 1.29 is 13.6 Å². The summed E-state index contributed by atoms with van der Waals surface area (Å²) in [5, 5.41) is 2.46. The van der Waals surface area contributed by atoms with Gasteiger partial charge in [0.1, 0.15) is 17.1 Å². The summed E-state index contributed by atoms with van der Waals surface area (Å²) in [6.07, 6.45) is 0.580. The van der Waals surface area contributed by atoms with Crippen LogP contribution in [0.1, 0.15) is 52.8 Å². The van der Waals surface area contributed by atoms with Crippen LogP contribution in [0.5, 0.6) is 0 Å². The van der Waals surface area contributed by atoms with Crippen LogP contribution >= 0.6 is 0 Å². The molecule has 2 heterocycles. The molecule has 0 atom stereocenters. The molecule has 1 aliphatic rings. The third-order valence-electron chi connectivity index (χ3n) is 3.55. The summed E-state index contributed by atoms with van der Waals surface area (Å²) in [5.41, 5.74) is -0.0658. The lowest BCUT2D eigenvalue weighted by molar-refractivity contribution is 0.0948. The first-order valence-electron chi connectivity index (χ1n) is 7.16. The summed E-state index contributed by atoms with van der Waals surface area (Å²) < 4.78 is 25.1. The molecule has 2 aromatic heterocycles. The SMILES string of the molecule is O=C(NCc1nccc(C(F)F)n1)c1ccc(C2CC2)[nH]c1=O. The fourth-order valence-corrected chi connectivity index (χ4v) is 2.18. The third kappa shape index (κ3) is 3.58. The summed E-state index contributed by atoms with van der Waals surface area (Å²) in [5.74, 6) is -0.160. The molecule has 0 saturated heterocycles. The summed E-state index contributed by atoms with van der Waals surface area (Å²) in [6.45, 7) is -0.136. The predicted molar refractivity (Wildman–Crippen MR) is 77.2 cm³/mol. The van der Waals surface area contributed by atoms with Crippen molar-refractivity contribution in [2.75, 3.05) is 0 Å². The zero-order chi connectivity index (χ0) is 16.4. The van der Waals surface area contributed by atoms with Gasteiger partial charge in [-0.15, -0.1) is 0 Å². The van der Waals surface area contributed by atoms with Gasteiger partial charge < -0.3 is 10.3 Å². The number of pyridine rings is 1. The number of halogens is 2. The van der Waals surface area contributed by atoms with E-state index in [1.54, 1.807) is 6.07 Å². The van der Waals surface area contributed by atoms with Gasteiger partial charge in [0.2, 0.25) is 0 Å². The van der Waals surface area contributed by atoms with E-state index in [0.29, 0.717) is 5.92 Å². The number of aromatic amines is 1. The van der Waals surface area contributed by atoms with Gasteiger partial charge in [-0.3, -0.25) is 9.59 Å². The van der Waals surface area contributed by atoms with Crippen LogP contribution in [0, 0.1) is 0 Å². The highest BCUT2D eigenvalue weighted by molar-refractivity contribution is 5.93. The van der Waals surface area contributed by atoms with Crippen LogP contribution in [0.25, 0.3) is 0 Å². The van der Waals surface area contributed by atoms with Crippen LogP contribution in [0.4, 0.5) is 8.78 Å². The van der Waals surface area contributed by atoms with E-state index >= 15 is 0 Å². The first kappa shape index (κ1) is 15.3. The Balaban J connectivity index is 1.67. The second-order valence-electron chi connectivity index (χ2n) is 5.31. The molecule has 3 rings (SSSR count). The molecule has 0 aromatic carbocycles. The van der Waals surface area contributed by atoms with E-state index in [0.717, 1.165) is 24.6 Å². The number of rotatable bonds is 5. The lowest BCUT2D eigenvalue weighted by Gasteiger charge is -2.06. The zero-order valence-electron chi connectivity index (χ0n) is 12.1. The van der Waals surface area contributed by atoms with Crippen molar-refractivity contribution in [2.45, 2.75) is 31.7 Å². The minimum Gasteiger partial charge on any atom is -0.345 e. The van der Waals surface area contributed by atoms with E-state index in [9.17, 15) is 18.4 Å². The van der Waals surface area contributed by atoms with Crippen LogP contribution in [0.15, 0.2) is 29.2 Å². The maximum absolute atomic E-state index is 12.5. The average Bonchev–Trinajstić information content (AvgIpc) is 3.37. The van der Waals surface area contributed by atoms with E-state index in [1.807, 2.05) is 0 Å². The average molecular weight is 320 g/mol. The minimum absolute atomic E-state index is 0.0283. The molecular formula is C15H14F2N4O2. The molecule has 2 N–H and O–H groups in total. The van der Waals surface area contributed by atoms with E-state index in [2.05, 4.69) is 20.3 Å². The largest absolute Gasteiger partial charge is 0.345 e. The molecule has 0 spiro atoms. The summed E-state index contributed by atoms with van der Waals surface area (Å²) in [4.78, 5) is 34.1. The van der Waals surface area contributed by atoms with Crippen molar-refractivity contribution in [3.05, 3.63) is 57.5 Å². The molecule has 6 nitrogen and oxygen atoms in total. The van der Waals surface area contributed by atoms with Gasteiger partial charge >= 0.3 is 0 Å². The first-order chi connectivity index (χ1) is 11.0. The summed E-state index contributed by atoms with van der Waals surface area (Å²) in [7, 11) is 0. The fourth-order valence-electron chi connectivity index (χ4n) is 2.18. The molecule has 0 radical (unpaired) electrons. The Labute approximate surface area is 130 Å². The number of carbonyl (C=O) groups excluding carboxylic acids is 1. The lowest BCUT2D eigenvalue weighted by Crippen LogP contribution is -2.30. The van der Waals surface area contributed by atoms with Crippen LogP contribution in [-0.4, -0.2) is 20.9 Å². The smallest absolute Gasteiger partial charge is 0.280 e. The number of nitrogens with zero attached hydrogens (tertiary/aromatic N) is 2. The van der Waals surface area contributed by atoms with E-state index in [4.69, 9.17) is 0 Å². The Hall–Kier alpha value is -2.64. The van der Waals surface area contributed by atoms with Crippen molar-refractivity contribution in [3.8, 4) is 0 Å². The Morgan fingerprint density at radius 3 is 2.78 bits per heavy atom. The number of hydrogen-bond donors (Lipinski definition) is 2. The second-order valence-corrected chi connectivity index (χ2v) is 5.31. The second kappa shape index (κ2) is 6.23. The van der Waals surface area contributed by atoms with Gasteiger partial charge in [0.05, 0.1) is 6.54 Å². The van der Waals surface area contributed by atoms with Crippen LogP contribution < -0.4 is 10.9 Å². The van der Waals surface area contributed by atoms with E-state index in [-0.39, 0.29) is 17.9 Å². The number of H-pyrrole nitrogens is 1. The lowest BCUT2D eigenvalue weighted by atomic mass is 10.2. The van der Waals surface area contributed by atoms with Crippen molar-refractivity contribution >= 4 is 5.91 Å². The van der Waals surface area contributed by atoms with Gasteiger partial charge in [-0.1, -0.05) is 0 Å². The van der Waals surface area contributed by atoms with Crippen molar-refractivity contribution in [1.29, 1.82) is 0 Å². The van der Waals surface area contributed by atoms with Crippen LogP contribution in [0.3, 0.4) is 0 Å². The fraction of sp³-hybridized carbons (Fsp3) is 0.333. The molecule has 8 heteroatoms. The predicted octanol–water partition coefficient (Wildman–Crippen LogP) is 1.91. The van der Waals surface area contributed by atoms with Crippen LogP contribution in [-0.2, 0) is 6.54 Å². The maximum atomic E-state index is 12.5. The number of carbonyl (C=O) groups is 1. The quantitative estimate of drug-likeness (QED) is 0.881. The number of hydrogen-bond acceptors (Lipinski definition) is 4. The van der Waals surface area contributed by atoms with Gasteiger partial charge in [-0.05, 0) is 37.0 Å². The monoisotopic (exact) mass is 320 g/mol. The van der Waals surface area contributed by atoms with Gasteiger partial charge in [-0.25, -0.2) is 18.7 Å².